The maximum Gasteiger partial charge on any atom is 0.255 e. The van der Waals surface area contributed by atoms with Crippen molar-refractivity contribution in [3.8, 4) is 0 Å². The van der Waals surface area contributed by atoms with Gasteiger partial charge in [-0.15, -0.1) is 0 Å². The molecule has 1 N–H and O–H groups in total. The molecule has 21 heavy (non-hydrogen) atoms. The number of amides is 1. The molecule has 2 aliphatic carbocycles. The number of rotatable bonds is 2. The number of aliphatic hydroxyl groups excluding tert-OH is 1. The summed E-state index contributed by atoms with van der Waals surface area (Å²) in [5.41, 5.74) is 0.219. The second-order valence-corrected chi connectivity index (χ2v) is 6.72. The van der Waals surface area contributed by atoms with Crippen LogP contribution in [0, 0.1) is 17.7 Å². The lowest BCUT2D eigenvalue weighted by Gasteiger charge is -2.26. The number of hydrogen-bond donors (Lipinski definition) is 1. The molecule has 1 amide bonds. The van der Waals surface area contributed by atoms with Gasteiger partial charge in [0.2, 0.25) is 0 Å². The average Bonchev–Trinajstić information content (AvgIpc) is 2.97. The number of carbonyl (C=O) groups excluding carboxylic acids is 1. The molecular weight excluding hydrogens is 293 g/mol. The number of halogens is 2. The van der Waals surface area contributed by atoms with E-state index < -0.39 is 5.82 Å². The Labute approximate surface area is 128 Å². The SMILES string of the molecule is CN(C(=O)c1cc(F)ccc1Cl)C1C[C@H]2CC(O)C[C@H]2C1. The molecule has 2 aliphatic rings. The number of aliphatic hydroxyl groups is 1. The zero-order chi connectivity index (χ0) is 15.1. The summed E-state index contributed by atoms with van der Waals surface area (Å²) in [6, 6.07) is 4.01. The first-order chi connectivity index (χ1) is 9.95. The molecule has 3 nitrogen and oxygen atoms in total. The van der Waals surface area contributed by atoms with Gasteiger partial charge in [0.1, 0.15) is 5.82 Å². The lowest BCUT2D eigenvalue weighted by Crippen LogP contribution is -2.36. The van der Waals surface area contributed by atoms with Gasteiger partial charge in [-0.25, -0.2) is 4.39 Å². The van der Waals surface area contributed by atoms with Gasteiger partial charge in [-0.1, -0.05) is 11.6 Å². The van der Waals surface area contributed by atoms with E-state index in [1.807, 2.05) is 0 Å². The van der Waals surface area contributed by atoms with Crippen molar-refractivity contribution >= 4 is 17.5 Å². The topological polar surface area (TPSA) is 40.5 Å². The van der Waals surface area contributed by atoms with E-state index in [1.54, 1.807) is 11.9 Å². The number of nitrogens with zero attached hydrogens (tertiary/aromatic N) is 1. The average molecular weight is 312 g/mol. The Balaban J connectivity index is 1.72. The van der Waals surface area contributed by atoms with Crippen LogP contribution >= 0.6 is 11.6 Å². The predicted octanol–water partition coefficient (Wildman–Crippen LogP) is 3.10. The zero-order valence-corrected chi connectivity index (χ0v) is 12.7. The maximum atomic E-state index is 13.3. The first kappa shape index (κ1) is 14.8. The fourth-order valence-electron chi connectivity index (χ4n) is 3.89. The molecule has 0 heterocycles. The summed E-state index contributed by atoms with van der Waals surface area (Å²) in [4.78, 5) is 14.2. The highest BCUT2D eigenvalue weighted by Gasteiger charge is 2.43. The summed E-state index contributed by atoms with van der Waals surface area (Å²) >= 11 is 6.01. The second-order valence-electron chi connectivity index (χ2n) is 6.31. The van der Waals surface area contributed by atoms with Gasteiger partial charge < -0.3 is 10.0 Å². The van der Waals surface area contributed by atoms with Crippen molar-refractivity contribution in [2.24, 2.45) is 11.8 Å². The largest absolute Gasteiger partial charge is 0.393 e. The molecule has 4 atom stereocenters. The van der Waals surface area contributed by atoms with Crippen LogP contribution in [0.2, 0.25) is 5.02 Å². The lowest BCUT2D eigenvalue weighted by atomic mass is 10.0. The Kier molecular flexibility index (Phi) is 3.93. The van der Waals surface area contributed by atoms with Crippen LogP contribution in [0.4, 0.5) is 4.39 Å². The molecule has 0 aliphatic heterocycles. The van der Waals surface area contributed by atoms with E-state index in [4.69, 9.17) is 11.6 Å². The minimum Gasteiger partial charge on any atom is -0.393 e. The van der Waals surface area contributed by atoms with E-state index in [-0.39, 0.29) is 28.6 Å². The Morgan fingerprint density at radius 3 is 2.52 bits per heavy atom. The minimum atomic E-state index is -0.456. The summed E-state index contributed by atoms with van der Waals surface area (Å²) in [6.07, 6.45) is 3.32. The lowest BCUT2D eigenvalue weighted by molar-refractivity contribution is 0.0722. The van der Waals surface area contributed by atoms with Crippen molar-refractivity contribution in [3.05, 3.63) is 34.6 Å². The molecule has 0 saturated heterocycles. The number of carbonyl (C=O) groups is 1. The van der Waals surface area contributed by atoms with Gasteiger partial charge in [0.25, 0.3) is 5.91 Å². The third-order valence-electron chi connectivity index (χ3n) is 4.99. The number of hydrogen-bond acceptors (Lipinski definition) is 2. The standard InChI is InChI=1S/C16H19ClFNO2/c1-19(12-4-9-6-13(20)7-10(9)5-12)16(21)14-8-11(18)2-3-15(14)17/h2-3,8-10,12-13,20H,4-7H2,1H3/t9-,10+,12?,13?. The fraction of sp³-hybridized carbons (Fsp3) is 0.562. The van der Waals surface area contributed by atoms with E-state index in [2.05, 4.69) is 0 Å². The molecule has 2 unspecified atom stereocenters. The quantitative estimate of drug-likeness (QED) is 0.911. The third-order valence-corrected chi connectivity index (χ3v) is 5.32. The molecule has 1 aromatic rings. The Morgan fingerprint density at radius 1 is 1.29 bits per heavy atom. The Hall–Kier alpha value is -1.13. The molecular formula is C16H19ClFNO2. The van der Waals surface area contributed by atoms with Crippen LogP contribution < -0.4 is 0 Å². The molecule has 0 radical (unpaired) electrons. The summed E-state index contributed by atoms with van der Waals surface area (Å²) in [5.74, 6) is 0.319. The molecule has 5 heteroatoms. The van der Waals surface area contributed by atoms with E-state index in [1.165, 1.54) is 18.2 Å². The van der Waals surface area contributed by atoms with Crippen molar-refractivity contribution in [3.63, 3.8) is 0 Å². The number of fused-ring (bicyclic) bond motifs is 1. The summed E-state index contributed by atoms with van der Waals surface area (Å²) in [7, 11) is 1.76. The highest BCUT2D eigenvalue weighted by Crippen LogP contribution is 2.45. The second kappa shape index (κ2) is 5.58. The summed E-state index contributed by atoms with van der Waals surface area (Å²) < 4.78 is 13.3. The third kappa shape index (κ3) is 2.79. The molecule has 3 rings (SSSR count). The molecule has 0 aromatic heterocycles. The van der Waals surface area contributed by atoms with Crippen LogP contribution in [0.5, 0.6) is 0 Å². The van der Waals surface area contributed by atoms with Crippen molar-refractivity contribution in [1.82, 2.24) is 4.90 Å². The van der Waals surface area contributed by atoms with Gasteiger partial charge >= 0.3 is 0 Å². The fourth-order valence-corrected chi connectivity index (χ4v) is 4.08. The molecule has 2 fully saturated rings. The first-order valence-electron chi connectivity index (χ1n) is 7.36. The normalized spacial score (nSPS) is 31.2. The van der Waals surface area contributed by atoms with Crippen LogP contribution in [-0.4, -0.2) is 35.1 Å². The van der Waals surface area contributed by atoms with E-state index >= 15 is 0 Å². The van der Waals surface area contributed by atoms with Crippen molar-refractivity contribution in [1.29, 1.82) is 0 Å². The maximum absolute atomic E-state index is 13.3. The van der Waals surface area contributed by atoms with Gasteiger partial charge in [-0.3, -0.25) is 4.79 Å². The van der Waals surface area contributed by atoms with Gasteiger partial charge in [0, 0.05) is 13.1 Å². The monoisotopic (exact) mass is 311 g/mol. The van der Waals surface area contributed by atoms with Gasteiger partial charge in [0.15, 0.2) is 0 Å². The van der Waals surface area contributed by atoms with Crippen molar-refractivity contribution < 1.29 is 14.3 Å². The van der Waals surface area contributed by atoms with E-state index in [0.717, 1.165) is 25.7 Å². The van der Waals surface area contributed by atoms with Crippen LogP contribution in [0.15, 0.2) is 18.2 Å². The van der Waals surface area contributed by atoms with E-state index in [0.29, 0.717) is 11.8 Å². The van der Waals surface area contributed by atoms with Crippen LogP contribution in [0.25, 0.3) is 0 Å². The molecule has 1 aromatic carbocycles. The molecule has 0 spiro atoms. The van der Waals surface area contributed by atoms with Crippen LogP contribution in [0.1, 0.15) is 36.0 Å². The minimum absolute atomic E-state index is 0.152. The highest BCUT2D eigenvalue weighted by atomic mass is 35.5. The summed E-state index contributed by atoms with van der Waals surface area (Å²) in [5, 5.41) is 9.95. The highest BCUT2D eigenvalue weighted by molar-refractivity contribution is 6.33. The van der Waals surface area contributed by atoms with Crippen molar-refractivity contribution in [2.75, 3.05) is 7.05 Å². The smallest absolute Gasteiger partial charge is 0.255 e. The van der Waals surface area contributed by atoms with Gasteiger partial charge in [-0.2, -0.15) is 0 Å². The molecule has 114 valence electrons. The first-order valence-corrected chi connectivity index (χ1v) is 7.73. The predicted molar refractivity (Wildman–Crippen MR) is 78.7 cm³/mol. The Bertz CT molecular complexity index is 551. The van der Waals surface area contributed by atoms with Crippen LogP contribution in [-0.2, 0) is 0 Å². The van der Waals surface area contributed by atoms with Crippen LogP contribution in [0.3, 0.4) is 0 Å². The van der Waals surface area contributed by atoms with Crippen molar-refractivity contribution in [2.45, 2.75) is 37.8 Å². The van der Waals surface area contributed by atoms with Gasteiger partial charge in [0.05, 0.1) is 16.7 Å². The molecule has 2 saturated carbocycles. The number of benzene rings is 1. The summed E-state index contributed by atoms with van der Waals surface area (Å²) in [6.45, 7) is 0. The Morgan fingerprint density at radius 2 is 1.90 bits per heavy atom. The molecule has 0 bridgehead atoms. The van der Waals surface area contributed by atoms with E-state index in [9.17, 15) is 14.3 Å². The van der Waals surface area contributed by atoms with Gasteiger partial charge in [-0.05, 0) is 55.7 Å². The zero-order valence-electron chi connectivity index (χ0n) is 11.9.